The van der Waals surface area contributed by atoms with Crippen LogP contribution < -0.4 is 15.4 Å². The van der Waals surface area contributed by atoms with Gasteiger partial charge in [-0.05, 0) is 59.9 Å². The Kier molecular flexibility index (Phi) is 8.56. The molecule has 0 spiro atoms. The van der Waals surface area contributed by atoms with Gasteiger partial charge in [0.05, 0.1) is 5.92 Å². The molecule has 3 N–H and O–H groups in total. The van der Waals surface area contributed by atoms with Gasteiger partial charge in [-0.1, -0.05) is 36.4 Å². The van der Waals surface area contributed by atoms with Gasteiger partial charge in [-0.25, -0.2) is 0 Å². The van der Waals surface area contributed by atoms with E-state index in [9.17, 15) is 9.90 Å². The number of rotatable bonds is 5. The number of anilines is 1. The molecule has 2 unspecified atom stereocenters. The summed E-state index contributed by atoms with van der Waals surface area (Å²) < 4.78 is 6.25. The molecular formula is C25H28Cl2N2O3. The van der Waals surface area contributed by atoms with Gasteiger partial charge in [0.15, 0.2) is 0 Å². The molecule has 170 valence electrons. The minimum atomic E-state index is -0.887. The largest absolute Gasteiger partial charge is 0.481 e. The average Bonchev–Trinajstić information content (AvgIpc) is 2.73. The SMILES string of the molecule is CN(C)c1cccc(-c2ccccc2Oc2ccc3c(c2)C(C(=O)O)C(N)CC3)c1.Cl.Cl. The number of carboxylic acids is 1. The van der Waals surface area contributed by atoms with Crippen LogP contribution in [0.15, 0.2) is 66.7 Å². The zero-order chi connectivity index (χ0) is 21.3. The highest BCUT2D eigenvalue weighted by Crippen LogP contribution is 2.38. The van der Waals surface area contributed by atoms with Crippen LogP contribution in [0.25, 0.3) is 11.1 Å². The van der Waals surface area contributed by atoms with Crippen LogP contribution in [-0.4, -0.2) is 31.2 Å². The third kappa shape index (κ3) is 5.18. The summed E-state index contributed by atoms with van der Waals surface area (Å²) in [6, 6.07) is 21.5. The first-order valence-electron chi connectivity index (χ1n) is 10.1. The van der Waals surface area contributed by atoms with Gasteiger partial charge in [-0.15, -0.1) is 24.8 Å². The number of hydrogen-bond acceptors (Lipinski definition) is 4. The number of nitrogens with two attached hydrogens (primary N) is 1. The maximum atomic E-state index is 11.8. The number of hydrogen-bond donors (Lipinski definition) is 2. The lowest BCUT2D eigenvalue weighted by Crippen LogP contribution is -2.37. The fourth-order valence-electron chi connectivity index (χ4n) is 4.06. The maximum Gasteiger partial charge on any atom is 0.312 e. The highest BCUT2D eigenvalue weighted by Gasteiger charge is 2.33. The fraction of sp³-hybridized carbons (Fsp3) is 0.240. The summed E-state index contributed by atoms with van der Waals surface area (Å²) in [6.45, 7) is 0. The summed E-state index contributed by atoms with van der Waals surface area (Å²) in [6.07, 6.45) is 1.46. The van der Waals surface area contributed by atoms with E-state index in [-0.39, 0.29) is 30.9 Å². The molecule has 2 atom stereocenters. The van der Waals surface area contributed by atoms with Gasteiger partial charge < -0.3 is 20.5 Å². The van der Waals surface area contributed by atoms with Gasteiger partial charge in [0.1, 0.15) is 11.5 Å². The van der Waals surface area contributed by atoms with Gasteiger partial charge in [-0.2, -0.15) is 0 Å². The van der Waals surface area contributed by atoms with Gasteiger partial charge >= 0.3 is 5.97 Å². The second kappa shape index (κ2) is 10.7. The maximum absolute atomic E-state index is 11.8. The quantitative estimate of drug-likeness (QED) is 0.510. The number of aliphatic carboxylic acids is 1. The molecule has 1 aliphatic rings. The predicted molar refractivity (Wildman–Crippen MR) is 134 cm³/mol. The monoisotopic (exact) mass is 474 g/mol. The van der Waals surface area contributed by atoms with Crippen molar-refractivity contribution in [3.8, 4) is 22.6 Å². The van der Waals surface area contributed by atoms with E-state index in [0.717, 1.165) is 40.1 Å². The van der Waals surface area contributed by atoms with E-state index in [2.05, 4.69) is 23.1 Å². The standard InChI is InChI=1S/C25H26N2O3.2ClH/c1-27(2)18-7-5-6-17(14-18)20-8-3-4-9-23(20)30-19-12-10-16-11-13-22(26)24(25(28)29)21(16)15-19;;/h3-10,12,14-15,22,24H,11,13,26H2,1-2H3,(H,28,29);2*1H. The molecule has 0 radical (unpaired) electrons. The van der Waals surface area contributed by atoms with E-state index < -0.39 is 11.9 Å². The average molecular weight is 475 g/mol. The molecular weight excluding hydrogens is 447 g/mol. The van der Waals surface area contributed by atoms with Gasteiger partial charge in [0.2, 0.25) is 0 Å². The lowest BCUT2D eigenvalue weighted by Gasteiger charge is -2.28. The summed E-state index contributed by atoms with van der Waals surface area (Å²) in [5.41, 5.74) is 11.0. The molecule has 7 heteroatoms. The summed E-state index contributed by atoms with van der Waals surface area (Å²) >= 11 is 0. The van der Waals surface area contributed by atoms with Crippen molar-refractivity contribution in [1.82, 2.24) is 0 Å². The van der Waals surface area contributed by atoms with Crippen LogP contribution in [0.4, 0.5) is 5.69 Å². The molecule has 1 aliphatic carbocycles. The molecule has 0 fully saturated rings. The Balaban J connectivity index is 0.00000181. The van der Waals surface area contributed by atoms with Crippen LogP contribution in [0.1, 0.15) is 23.5 Å². The number of fused-ring (bicyclic) bond motifs is 1. The number of nitrogens with zero attached hydrogens (tertiary/aromatic N) is 1. The van der Waals surface area contributed by atoms with E-state index in [1.54, 1.807) is 0 Å². The van der Waals surface area contributed by atoms with Crippen molar-refractivity contribution >= 4 is 36.5 Å². The smallest absolute Gasteiger partial charge is 0.312 e. The van der Waals surface area contributed by atoms with Crippen LogP contribution in [0.3, 0.4) is 0 Å². The Morgan fingerprint density at radius 1 is 1.03 bits per heavy atom. The van der Waals surface area contributed by atoms with Crippen LogP contribution in [0, 0.1) is 0 Å². The normalized spacial score (nSPS) is 16.7. The molecule has 0 bridgehead atoms. The van der Waals surface area contributed by atoms with E-state index in [1.807, 2.05) is 62.6 Å². The summed E-state index contributed by atoms with van der Waals surface area (Å²) in [5, 5.41) is 9.67. The molecule has 3 aromatic carbocycles. The summed E-state index contributed by atoms with van der Waals surface area (Å²) in [4.78, 5) is 13.9. The van der Waals surface area contributed by atoms with Gasteiger partial charge in [0, 0.05) is 31.4 Å². The van der Waals surface area contributed by atoms with Crippen molar-refractivity contribution in [2.75, 3.05) is 19.0 Å². The van der Waals surface area contributed by atoms with E-state index in [4.69, 9.17) is 10.5 Å². The third-order valence-corrected chi connectivity index (χ3v) is 5.68. The van der Waals surface area contributed by atoms with E-state index in [0.29, 0.717) is 12.2 Å². The molecule has 5 nitrogen and oxygen atoms in total. The number of para-hydroxylation sites is 1. The fourth-order valence-corrected chi connectivity index (χ4v) is 4.06. The second-order valence-corrected chi connectivity index (χ2v) is 7.92. The second-order valence-electron chi connectivity index (χ2n) is 7.92. The number of carbonyl (C=O) groups is 1. The van der Waals surface area contributed by atoms with Crippen molar-refractivity contribution < 1.29 is 14.6 Å². The minimum Gasteiger partial charge on any atom is -0.481 e. The Hall–Kier alpha value is -2.73. The first kappa shape index (κ1) is 25.5. The zero-order valence-electron chi connectivity index (χ0n) is 18.0. The van der Waals surface area contributed by atoms with Crippen molar-refractivity contribution in [3.05, 3.63) is 77.9 Å². The molecule has 0 aliphatic heterocycles. The van der Waals surface area contributed by atoms with Crippen LogP contribution in [-0.2, 0) is 11.2 Å². The first-order chi connectivity index (χ1) is 14.4. The Morgan fingerprint density at radius 2 is 1.78 bits per heavy atom. The molecule has 0 aromatic heterocycles. The van der Waals surface area contributed by atoms with E-state index >= 15 is 0 Å². The molecule has 4 rings (SSSR count). The lowest BCUT2D eigenvalue weighted by molar-refractivity contribution is -0.139. The highest BCUT2D eigenvalue weighted by molar-refractivity contribution is 5.85. The first-order valence-corrected chi connectivity index (χ1v) is 10.1. The third-order valence-electron chi connectivity index (χ3n) is 5.68. The van der Waals surface area contributed by atoms with Gasteiger partial charge in [0.25, 0.3) is 0 Å². The topological polar surface area (TPSA) is 75.8 Å². The zero-order valence-corrected chi connectivity index (χ0v) is 19.7. The van der Waals surface area contributed by atoms with Crippen molar-refractivity contribution in [2.45, 2.75) is 24.8 Å². The number of ether oxygens (including phenoxy) is 1. The number of carboxylic acid groups (broad SMARTS) is 1. The van der Waals surface area contributed by atoms with Crippen molar-refractivity contribution in [1.29, 1.82) is 0 Å². The Bertz CT molecular complexity index is 1090. The molecule has 32 heavy (non-hydrogen) atoms. The van der Waals surface area contributed by atoms with Crippen LogP contribution in [0.2, 0.25) is 0 Å². The summed E-state index contributed by atoms with van der Waals surface area (Å²) in [5.74, 6) is -0.253. The number of benzene rings is 3. The molecule has 0 saturated heterocycles. The molecule has 0 heterocycles. The Morgan fingerprint density at radius 3 is 2.50 bits per heavy atom. The highest BCUT2D eigenvalue weighted by atomic mass is 35.5. The lowest BCUT2D eigenvalue weighted by atomic mass is 9.79. The Labute approximate surface area is 201 Å². The molecule has 3 aromatic rings. The number of aryl methyl sites for hydroxylation is 1. The van der Waals surface area contributed by atoms with Crippen LogP contribution >= 0.6 is 24.8 Å². The van der Waals surface area contributed by atoms with Crippen LogP contribution in [0.5, 0.6) is 11.5 Å². The number of halogens is 2. The van der Waals surface area contributed by atoms with E-state index in [1.165, 1.54) is 0 Å². The molecule has 0 amide bonds. The van der Waals surface area contributed by atoms with Crippen molar-refractivity contribution in [2.24, 2.45) is 5.73 Å². The van der Waals surface area contributed by atoms with Gasteiger partial charge in [-0.3, -0.25) is 4.79 Å². The minimum absolute atomic E-state index is 0. The predicted octanol–water partition coefficient (Wildman–Crippen LogP) is 5.50. The molecule has 0 saturated carbocycles. The van der Waals surface area contributed by atoms with Crippen molar-refractivity contribution in [3.63, 3.8) is 0 Å². The summed E-state index contributed by atoms with van der Waals surface area (Å²) in [7, 11) is 4.02.